The van der Waals surface area contributed by atoms with Gasteiger partial charge in [0.25, 0.3) is 0 Å². The molecule has 24 heavy (non-hydrogen) atoms. The van der Waals surface area contributed by atoms with Crippen LogP contribution in [-0.2, 0) is 13.0 Å². The molecule has 0 unspecified atom stereocenters. The van der Waals surface area contributed by atoms with Gasteiger partial charge in [-0.05, 0) is 30.2 Å². The largest absolute Gasteiger partial charge is 0.491 e. The summed E-state index contributed by atoms with van der Waals surface area (Å²) in [4.78, 5) is 11.9. The maximum atomic E-state index is 11.9. The number of aliphatic hydroxyl groups is 1. The summed E-state index contributed by atoms with van der Waals surface area (Å²) in [7, 11) is 0. The number of halogens is 1. The third-order valence-corrected chi connectivity index (χ3v) is 3.58. The quantitative estimate of drug-likeness (QED) is 0.687. The average Bonchev–Trinajstić information content (AvgIpc) is 2.59. The Morgan fingerprint density at radius 1 is 1.12 bits per heavy atom. The molecule has 5 nitrogen and oxygen atoms in total. The molecule has 0 aliphatic rings. The Morgan fingerprint density at radius 2 is 1.96 bits per heavy atom. The molecule has 2 aromatic rings. The molecule has 128 valence electrons. The lowest BCUT2D eigenvalue weighted by molar-refractivity contribution is 0.200. The van der Waals surface area contributed by atoms with E-state index in [0.29, 0.717) is 30.3 Å². The minimum Gasteiger partial charge on any atom is -0.491 e. The molecule has 0 heterocycles. The van der Waals surface area contributed by atoms with Crippen LogP contribution in [0.2, 0.25) is 5.02 Å². The first kappa shape index (κ1) is 18.1. The zero-order valence-corrected chi connectivity index (χ0v) is 14.1. The lowest BCUT2D eigenvalue weighted by Gasteiger charge is -2.12. The second-order valence-corrected chi connectivity index (χ2v) is 5.61. The van der Waals surface area contributed by atoms with Gasteiger partial charge >= 0.3 is 6.03 Å². The van der Waals surface area contributed by atoms with Gasteiger partial charge in [-0.1, -0.05) is 41.9 Å². The monoisotopic (exact) mass is 348 g/mol. The highest BCUT2D eigenvalue weighted by molar-refractivity contribution is 6.30. The molecule has 2 rings (SSSR count). The van der Waals surface area contributed by atoms with Crippen LogP contribution in [-0.4, -0.2) is 30.9 Å². The van der Waals surface area contributed by atoms with Gasteiger partial charge in [0.15, 0.2) is 0 Å². The summed E-state index contributed by atoms with van der Waals surface area (Å²) in [5.74, 6) is 0.658. The van der Waals surface area contributed by atoms with Gasteiger partial charge in [-0.15, -0.1) is 0 Å². The van der Waals surface area contributed by atoms with Crippen LogP contribution in [0.4, 0.5) is 4.79 Å². The van der Waals surface area contributed by atoms with E-state index in [0.717, 1.165) is 11.1 Å². The van der Waals surface area contributed by atoms with Crippen molar-refractivity contribution < 1.29 is 14.6 Å². The normalized spacial score (nSPS) is 10.2. The highest BCUT2D eigenvalue weighted by atomic mass is 35.5. The topological polar surface area (TPSA) is 70.6 Å². The van der Waals surface area contributed by atoms with Crippen LogP contribution in [0.25, 0.3) is 0 Å². The van der Waals surface area contributed by atoms with Crippen LogP contribution in [0.3, 0.4) is 0 Å². The number of carbonyl (C=O) groups is 1. The summed E-state index contributed by atoms with van der Waals surface area (Å²) in [5, 5.41) is 15.1. The van der Waals surface area contributed by atoms with Gasteiger partial charge in [-0.25, -0.2) is 4.79 Å². The molecule has 0 aliphatic heterocycles. The molecular weight excluding hydrogens is 328 g/mol. The summed E-state index contributed by atoms with van der Waals surface area (Å²) >= 11 is 5.93. The highest BCUT2D eigenvalue weighted by Gasteiger charge is 2.05. The Kier molecular flexibility index (Phi) is 7.39. The van der Waals surface area contributed by atoms with Crippen molar-refractivity contribution >= 4 is 17.6 Å². The molecule has 0 radical (unpaired) electrons. The highest BCUT2D eigenvalue weighted by Crippen LogP contribution is 2.17. The van der Waals surface area contributed by atoms with Crippen molar-refractivity contribution in [2.75, 3.05) is 19.8 Å². The van der Waals surface area contributed by atoms with E-state index in [2.05, 4.69) is 10.6 Å². The van der Waals surface area contributed by atoms with E-state index in [1.54, 1.807) is 0 Å². The van der Waals surface area contributed by atoms with Crippen molar-refractivity contribution in [3.05, 3.63) is 64.7 Å². The molecule has 6 heteroatoms. The van der Waals surface area contributed by atoms with Crippen LogP contribution in [0, 0.1) is 0 Å². The van der Waals surface area contributed by atoms with E-state index in [9.17, 15) is 4.79 Å². The predicted molar refractivity (Wildman–Crippen MR) is 94.4 cm³/mol. The minimum absolute atomic E-state index is 0.0498. The lowest BCUT2D eigenvalue weighted by Crippen LogP contribution is -2.36. The van der Waals surface area contributed by atoms with E-state index in [1.165, 1.54) is 0 Å². The van der Waals surface area contributed by atoms with Crippen LogP contribution in [0.15, 0.2) is 48.5 Å². The van der Waals surface area contributed by atoms with Crippen LogP contribution in [0.1, 0.15) is 11.1 Å². The number of rotatable bonds is 8. The number of amides is 2. The number of hydrogen-bond acceptors (Lipinski definition) is 3. The number of ether oxygens (including phenoxy) is 1. The molecule has 2 aromatic carbocycles. The molecule has 0 saturated heterocycles. The Bertz CT molecular complexity index is 664. The first-order valence-corrected chi connectivity index (χ1v) is 8.14. The maximum absolute atomic E-state index is 11.9. The van der Waals surface area contributed by atoms with E-state index in [4.69, 9.17) is 21.4 Å². The van der Waals surface area contributed by atoms with Crippen molar-refractivity contribution in [1.82, 2.24) is 10.6 Å². The molecule has 0 aliphatic carbocycles. The minimum atomic E-state index is -0.242. The van der Waals surface area contributed by atoms with Gasteiger partial charge in [0.2, 0.25) is 0 Å². The number of aliphatic hydroxyl groups excluding tert-OH is 1. The molecule has 0 aromatic heterocycles. The van der Waals surface area contributed by atoms with Gasteiger partial charge in [-0.3, -0.25) is 0 Å². The van der Waals surface area contributed by atoms with Gasteiger partial charge in [0.05, 0.1) is 6.61 Å². The molecular formula is C18H21ClN2O3. The van der Waals surface area contributed by atoms with Crippen molar-refractivity contribution in [3.8, 4) is 5.75 Å². The van der Waals surface area contributed by atoms with E-state index < -0.39 is 0 Å². The third kappa shape index (κ3) is 6.10. The molecule has 0 saturated carbocycles. The van der Waals surface area contributed by atoms with Crippen LogP contribution in [0.5, 0.6) is 5.75 Å². The van der Waals surface area contributed by atoms with E-state index in [-0.39, 0.29) is 19.2 Å². The third-order valence-electron chi connectivity index (χ3n) is 3.35. The summed E-state index contributed by atoms with van der Waals surface area (Å²) in [5.41, 5.74) is 1.93. The molecule has 0 bridgehead atoms. The number of para-hydroxylation sites is 1. The Balaban J connectivity index is 1.75. The van der Waals surface area contributed by atoms with E-state index >= 15 is 0 Å². The lowest BCUT2D eigenvalue weighted by atomic mass is 10.1. The predicted octanol–water partition coefficient (Wildman–Crippen LogP) is 2.75. The first-order chi connectivity index (χ1) is 11.7. The summed E-state index contributed by atoms with van der Waals surface area (Å²) in [6.07, 6.45) is 0.712. The Hall–Kier alpha value is -2.24. The summed E-state index contributed by atoms with van der Waals surface area (Å²) in [6, 6.07) is 14.7. The van der Waals surface area contributed by atoms with Crippen LogP contribution < -0.4 is 15.4 Å². The zero-order chi connectivity index (χ0) is 17.2. The number of hydrogen-bond donors (Lipinski definition) is 3. The number of carbonyl (C=O) groups excluding carboxylic acids is 1. The average molecular weight is 349 g/mol. The van der Waals surface area contributed by atoms with Crippen molar-refractivity contribution in [3.63, 3.8) is 0 Å². The standard InChI is InChI=1S/C18H21ClN2O3/c19-16-6-3-4-14(12-16)8-9-20-18(23)21-13-15-5-1-2-7-17(15)24-11-10-22/h1-7,12,22H,8-11,13H2,(H2,20,21,23). The van der Waals surface area contributed by atoms with Gasteiger partial charge in [-0.2, -0.15) is 0 Å². The fraction of sp³-hybridized carbons (Fsp3) is 0.278. The van der Waals surface area contributed by atoms with Gasteiger partial charge < -0.3 is 20.5 Å². The fourth-order valence-electron chi connectivity index (χ4n) is 2.20. The fourth-order valence-corrected chi connectivity index (χ4v) is 2.41. The molecule has 3 N–H and O–H groups in total. The van der Waals surface area contributed by atoms with Crippen molar-refractivity contribution in [1.29, 1.82) is 0 Å². The van der Waals surface area contributed by atoms with Gasteiger partial charge in [0, 0.05) is 23.7 Å². The molecule has 0 fully saturated rings. The van der Waals surface area contributed by atoms with Crippen LogP contribution >= 0.6 is 11.6 Å². The van der Waals surface area contributed by atoms with Gasteiger partial charge in [0.1, 0.15) is 12.4 Å². The van der Waals surface area contributed by atoms with Crippen molar-refractivity contribution in [2.24, 2.45) is 0 Å². The number of nitrogens with one attached hydrogen (secondary N) is 2. The summed E-state index contributed by atoms with van der Waals surface area (Å²) < 4.78 is 5.43. The Labute approximate surface area is 146 Å². The van der Waals surface area contributed by atoms with Crippen molar-refractivity contribution in [2.45, 2.75) is 13.0 Å². The number of benzene rings is 2. The molecule has 0 atom stereocenters. The van der Waals surface area contributed by atoms with E-state index in [1.807, 2.05) is 48.5 Å². The smallest absolute Gasteiger partial charge is 0.315 e. The SMILES string of the molecule is O=C(NCCc1cccc(Cl)c1)NCc1ccccc1OCCO. The zero-order valence-electron chi connectivity index (χ0n) is 13.3. The first-order valence-electron chi connectivity index (χ1n) is 7.77. The second kappa shape index (κ2) is 9.80. The second-order valence-electron chi connectivity index (χ2n) is 5.17. The molecule has 2 amide bonds. The number of urea groups is 1. The molecule has 0 spiro atoms. The Morgan fingerprint density at radius 3 is 2.75 bits per heavy atom. The maximum Gasteiger partial charge on any atom is 0.315 e. The summed E-state index contributed by atoms with van der Waals surface area (Å²) in [6.45, 7) is 1.05.